The molecule has 0 aliphatic heterocycles. The molecule has 0 saturated heterocycles. The third kappa shape index (κ3) is 2.89. The zero-order valence-electron chi connectivity index (χ0n) is 12.2. The average Bonchev–Trinajstić information content (AvgIpc) is 2.35. The molecular formula is C16H23BrN2O2. The van der Waals surface area contributed by atoms with E-state index in [1.54, 1.807) is 0 Å². The fraction of sp³-hybridized carbons (Fsp3) is 0.750. The molecule has 4 fully saturated rings. The molecule has 0 radical (unpaired) electrons. The standard InChI is InChI=1S/C16H23BrN2O2/c1-9(17)2-13(14(18)20)19-15(21)16-6-10-3-11(7-16)5-12(4-10)8-16/h10-13H,1-8H2,(H2,18,20)(H,19,21)/t10?,11?,12?,13-,16?/m1/s1. The maximum Gasteiger partial charge on any atom is 0.240 e. The molecule has 0 heterocycles. The Balaban J connectivity index is 1.72. The van der Waals surface area contributed by atoms with Crippen LogP contribution in [0.1, 0.15) is 44.9 Å². The first-order chi connectivity index (χ1) is 9.88. The van der Waals surface area contributed by atoms with Crippen LogP contribution in [0.2, 0.25) is 0 Å². The van der Waals surface area contributed by atoms with Crippen LogP contribution in [0.5, 0.6) is 0 Å². The Hall–Kier alpha value is -0.840. The third-order valence-electron chi connectivity index (χ3n) is 5.59. The summed E-state index contributed by atoms with van der Waals surface area (Å²) in [6.45, 7) is 3.73. The summed E-state index contributed by atoms with van der Waals surface area (Å²) in [6, 6.07) is -0.655. The van der Waals surface area contributed by atoms with E-state index < -0.39 is 11.9 Å². The van der Waals surface area contributed by atoms with Gasteiger partial charge in [-0.25, -0.2) is 0 Å². The van der Waals surface area contributed by atoms with Crippen LogP contribution in [-0.4, -0.2) is 17.9 Å². The second kappa shape index (κ2) is 5.41. The molecule has 3 N–H and O–H groups in total. The predicted molar refractivity (Wildman–Crippen MR) is 84.4 cm³/mol. The van der Waals surface area contributed by atoms with Crippen LogP contribution in [0.3, 0.4) is 0 Å². The lowest BCUT2D eigenvalue weighted by molar-refractivity contribution is -0.148. The fourth-order valence-electron chi connectivity index (χ4n) is 5.14. The smallest absolute Gasteiger partial charge is 0.240 e. The number of nitrogens with two attached hydrogens (primary N) is 1. The Morgan fingerprint density at radius 3 is 2.05 bits per heavy atom. The zero-order chi connectivity index (χ0) is 15.2. The summed E-state index contributed by atoms with van der Waals surface area (Å²) < 4.78 is 0.678. The first-order valence-corrected chi connectivity index (χ1v) is 8.61. The van der Waals surface area contributed by atoms with Gasteiger partial charge in [0.25, 0.3) is 0 Å². The molecule has 1 atom stereocenters. The summed E-state index contributed by atoms with van der Waals surface area (Å²) in [6.07, 6.45) is 7.22. The lowest BCUT2D eigenvalue weighted by Crippen LogP contribution is -2.56. The molecule has 4 rings (SSSR count). The van der Waals surface area contributed by atoms with Crippen LogP contribution < -0.4 is 11.1 Å². The number of rotatable bonds is 5. The molecule has 21 heavy (non-hydrogen) atoms. The number of nitrogens with one attached hydrogen (secondary N) is 1. The first kappa shape index (κ1) is 15.1. The predicted octanol–water partition coefficient (Wildman–Crippen LogP) is 2.47. The SMILES string of the molecule is C=C(Br)C[C@@H](NC(=O)C12CC3CC(CC(C3)C1)C2)C(N)=O. The Kier molecular flexibility index (Phi) is 3.89. The van der Waals surface area contributed by atoms with E-state index in [4.69, 9.17) is 5.73 Å². The van der Waals surface area contributed by atoms with Crippen LogP contribution in [0.15, 0.2) is 11.1 Å². The molecule has 0 aromatic heterocycles. The second-order valence-electron chi connectivity index (χ2n) is 7.35. The summed E-state index contributed by atoms with van der Waals surface area (Å²) in [4.78, 5) is 24.4. The van der Waals surface area contributed by atoms with Crippen molar-refractivity contribution in [2.75, 3.05) is 0 Å². The summed E-state index contributed by atoms with van der Waals surface area (Å²) in [5.74, 6) is 1.67. The van der Waals surface area contributed by atoms with Crippen molar-refractivity contribution in [2.45, 2.75) is 51.0 Å². The number of hydrogen-bond acceptors (Lipinski definition) is 2. The lowest BCUT2D eigenvalue weighted by Gasteiger charge is -2.55. The molecule has 4 aliphatic rings. The maximum absolute atomic E-state index is 12.8. The molecule has 0 spiro atoms. The van der Waals surface area contributed by atoms with Gasteiger partial charge in [0, 0.05) is 11.8 Å². The van der Waals surface area contributed by atoms with Gasteiger partial charge in [-0.1, -0.05) is 22.5 Å². The number of hydrogen-bond donors (Lipinski definition) is 2. The molecule has 4 nitrogen and oxygen atoms in total. The van der Waals surface area contributed by atoms with E-state index in [1.807, 2.05) is 0 Å². The Morgan fingerprint density at radius 1 is 1.19 bits per heavy atom. The lowest BCUT2D eigenvalue weighted by atomic mass is 9.49. The molecular weight excluding hydrogens is 332 g/mol. The molecule has 0 aromatic carbocycles. The molecule has 4 aliphatic carbocycles. The van der Waals surface area contributed by atoms with Gasteiger partial charge in [-0.15, -0.1) is 0 Å². The Morgan fingerprint density at radius 2 is 1.67 bits per heavy atom. The molecule has 0 aromatic rings. The van der Waals surface area contributed by atoms with Crippen molar-refractivity contribution in [3.8, 4) is 0 Å². The highest BCUT2D eigenvalue weighted by molar-refractivity contribution is 9.11. The first-order valence-electron chi connectivity index (χ1n) is 7.81. The van der Waals surface area contributed by atoms with Gasteiger partial charge >= 0.3 is 0 Å². The van der Waals surface area contributed by atoms with E-state index in [0.717, 1.165) is 19.3 Å². The highest BCUT2D eigenvalue weighted by atomic mass is 79.9. The minimum absolute atomic E-state index is 0.0409. The van der Waals surface area contributed by atoms with E-state index in [2.05, 4.69) is 27.8 Å². The minimum Gasteiger partial charge on any atom is -0.368 e. The van der Waals surface area contributed by atoms with E-state index in [-0.39, 0.29) is 11.3 Å². The van der Waals surface area contributed by atoms with Crippen molar-refractivity contribution in [2.24, 2.45) is 28.9 Å². The van der Waals surface area contributed by atoms with Gasteiger partial charge in [0.2, 0.25) is 11.8 Å². The van der Waals surface area contributed by atoms with Gasteiger partial charge in [-0.3, -0.25) is 9.59 Å². The summed E-state index contributed by atoms with van der Waals surface area (Å²) in [5, 5.41) is 2.90. The van der Waals surface area contributed by atoms with E-state index in [1.165, 1.54) is 19.3 Å². The summed E-state index contributed by atoms with van der Waals surface area (Å²) in [7, 11) is 0. The fourth-order valence-corrected chi connectivity index (χ4v) is 5.47. The van der Waals surface area contributed by atoms with Crippen LogP contribution in [0, 0.1) is 23.2 Å². The summed E-state index contributed by atoms with van der Waals surface area (Å²) >= 11 is 3.24. The molecule has 116 valence electrons. The van der Waals surface area contributed by atoms with Crippen LogP contribution >= 0.6 is 15.9 Å². The molecule has 4 saturated carbocycles. The quantitative estimate of drug-likeness (QED) is 0.795. The molecule has 5 heteroatoms. The third-order valence-corrected chi connectivity index (χ3v) is 5.92. The minimum atomic E-state index is -0.655. The monoisotopic (exact) mass is 354 g/mol. The van der Waals surface area contributed by atoms with E-state index in [9.17, 15) is 9.59 Å². The Bertz CT molecular complexity index is 453. The van der Waals surface area contributed by atoms with Crippen molar-refractivity contribution in [3.05, 3.63) is 11.1 Å². The second-order valence-corrected chi connectivity index (χ2v) is 8.47. The summed E-state index contributed by atoms with van der Waals surface area (Å²) in [5.41, 5.74) is 5.17. The van der Waals surface area contributed by atoms with Crippen molar-refractivity contribution in [1.82, 2.24) is 5.32 Å². The molecule has 2 amide bonds. The van der Waals surface area contributed by atoms with Crippen LogP contribution in [0.25, 0.3) is 0 Å². The van der Waals surface area contributed by atoms with Crippen molar-refractivity contribution in [1.29, 1.82) is 0 Å². The highest BCUT2D eigenvalue weighted by Crippen LogP contribution is 2.60. The highest BCUT2D eigenvalue weighted by Gasteiger charge is 2.54. The molecule has 0 unspecified atom stereocenters. The van der Waals surface area contributed by atoms with Gasteiger partial charge in [0.05, 0.1) is 0 Å². The topological polar surface area (TPSA) is 72.2 Å². The van der Waals surface area contributed by atoms with E-state index in [0.29, 0.717) is 28.7 Å². The van der Waals surface area contributed by atoms with Crippen molar-refractivity contribution < 1.29 is 9.59 Å². The van der Waals surface area contributed by atoms with Crippen LogP contribution in [0.4, 0.5) is 0 Å². The number of primary amides is 1. The number of halogens is 1. The van der Waals surface area contributed by atoms with Gasteiger partial charge in [-0.2, -0.15) is 0 Å². The van der Waals surface area contributed by atoms with E-state index >= 15 is 0 Å². The zero-order valence-corrected chi connectivity index (χ0v) is 13.8. The number of carbonyl (C=O) groups is 2. The average molecular weight is 355 g/mol. The largest absolute Gasteiger partial charge is 0.368 e. The normalized spacial score (nSPS) is 38.0. The molecule has 4 bridgehead atoms. The van der Waals surface area contributed by atoms with Gasteiger partial charge in [0.15, 0.2) is 0 Å². The van der Waals surface area contributed by atoms with Gasteiger partial charge < -0.3 is 11.1 Å². The number of carbonyl (C=O) groups excluding carboxylic acids is 2. The maximum atomic E-state index is 12.8. The van der Waals surface area contributed by atoms with Crippen molar-refractivity contribution in [3.63, 3.8) is 0 Å². The van der Waals surface area contributed by atoms with Gasteiger partial charge in [-0.05, 0) is 60.8 Å². The number of amides is 2. The van der Waals surface area contributed by atoms with Gasteiger partial charge in [0.1, 0.15) is 6.04 Å². The van der Waals surface area contributed by atoms with Crippen LogP contribution in [-0.2, 0) is 9.59 Å². The Labute approximate surface area is 134 Å². The van der Waals surface area contributed by atoms with Crippen molar-refractivity contribution >= 4 is 27.7 Å².